The average Bonchev–Trinajstić information content (AvgIpc) is 3.79. The first kappa shape index (κ1) is 39.8. The second-order valence-corrected chi connectivity index (χ2v) is 20.1. The van der Waals surface area contributed by atoms with Crippen LogP contribution in [0.5, 0.6) is 0 Å². The van der Waals surface area contributed by atoms with E-state index >= 15 is 0 Å². The molecule has 1 aromatic heterocycles. The Kier molecular flexibility index (Phi) is 10.0. The lowest BCUT2D eigenvalue weighted by atomic mass is 9.45. The molecule has 14 heteroatoms. The molecule has 3 amide bonds. The monoisotopic (exact) mass is 802 g/mol. The number of Topliss-reactive ketones (excluding diaryl/α,β-unsaturated/α-hetero) is 1. The molecule has 57 heavy (non-hydrogen) atoms. The predicted molar refractivity (Wildman–Crippen MR) is 212 cm³/mol. The molecule has 11 unspecified atom stereocenters. The summed E-state index contributed by atoms with van der Waals surface area (Å²) in [6, 6.07) is 5.03. The molecule has 1 aromatic carbocycles. The van der Waals surface area contributed by atoms with E-state index in [1.165, 1.54) is 22.2 Å². The average molecular weight is 803 g/mol. The fourth-order valence-corrected chi connectivity index (χ4v) is 13.7. The number of ether oxygens (including phenoxy) is 1. The number of carboxylic acid groups (broad SMARTS) is 1. The molecule has 0 bridgehead atoms. The first-order valence-corrected chi connectivity index (χ1v) is 21.2. The zero-order valence-corrected chi connectivity index (χ0v) is 34.3. The highest BCUT2D eigenvalue weighted by Crippen LogP contribution is 2.67. The number of thioether (sulfide) groups is 1. The molecule has 13 nitrogen and oxygen atoms in total. The van der Waals surface area contributed by atoms with Crippen LogP contribution in [0.1, 0.15) is 102 Å². The summed E-state index contributed by atoms with van der Waals surface area (Å²) >= 11 is 1.35. The van der Waals surface area contributed by atoms with Crippen LogP contribution in [0.2, 0.25) is 0 Å². The van der Waals surface area contributed by atoms with Gasteiger partial charge in [-0.15, -0.1) is 11.8 Å². The summed E-state index contributed by atoms with van der Waals surface area (Å²) in [5, 5.41) is 29.6. The number of ketones is 1. The van der Waals surface area contributed by atoms with Crippen LogP contribution in [-0.2, 0) is 23.9 Å². The van der Waals surface area contributed by atoms with Crippen molar-refractivity contribution in [2.75, 3.05) is 11.9 Å². The predicted octanol–water partition coefficient (Wildman–Crippen LogP) is 5.75. The lowest BCUT2D eigenvalue weighted by molar-refractivity contribution is -0.159. The van der Waals surface area contributed by atoms with Crippen LogP contribution in [-0.4, -0.2) is 90.8 Å². The maximum absolute atomic E-state index is 13.6. The molecule has 4 N–H and O–H groups in total. The number of carbonyl (C=O) groups excluding carboxylic acids is 4. The van der Waals surface area contributed by atoms with Crippen molar-refractivity contribution in [1.82, 2.24) is 15.4 Å². The Hall–Kier alpha value is -4.01. The molecule has 8 rings (SSSR count). The molecule has 2 saturated heterocycles. The highest BCUT2D eigenvalue weighted by atomic mass is 32.2. The maximum atomic E-state index is 13.6. The molecular formula is C43H54N4O9S. The summed E-state index contributed by atoms with van der Waals surface area (Å²) in [7, 11) is 0. The summed E-state index contributed by atoms with van der Waals surface area (Å²) in [6.07, 6.45) is 8.14. The summed E-state index contributed by atoms with van der Waals surface area (Å²) in [4.78, 5) is 66.0. The number of carboxylic acids is 1. The molecular weight excluding hydrogens is 749 g/mol. The zero-order valence-electron chi connectivity index (χ0n) is 33.5. The van der Waals surface area contributed by atoms with Crippen LogP contribution in [0, 0.1) is 41.4 Å². The number of amides is 3. The number of anilines is 1. The molecule has 3 saturated carbocycles. The topological polar surface area (TPSA) is 188 Å². The largest absolute Gasteiger partial charge is 0.480 e. The van der Waals surface area contributed by atoms with Gasteiger partial charge in [0.15, 0.2) is 0 Å². The van der Waals surface area contributed by atoms with Crippen LogP contribution in [0.3, 0.4) is 0 Å². The van der Waals surface area contributed by atoms with Crippen LogP contribution in [0.15, 0.2) is 40.4 Å². The number of allylic oxidation sites excluding steroid dienone is 1. The van der Waals surface area contributed by atoms with E-state index in [9.17, 15) is 34.2 Å². The molecule has 6 aliphatic rings. The van der Waals surface area contributed by atoms with Gasteiger partial charge in [0.1, 0.15) is 40.3 Å². The van der Waals surface area contributed by atoms with E-state index < -0.39 is 46.1 Å². The van der Waals surface area contributed by atoms with Gasteiger partial charge in [-0.1, -0.05) is 42.8 Å². The van der Waals surface area contributed by atoms with Gasteiger partial charge in [0.05, 0.1) is 25.2 Å². The Morgan fingerprint density at radius 2 is 1.81 bits per heavy atom. The van der Waals surface area contributed by atoms with Crippen LogP contribution < -0.4 is 10.6 Å². The Morgan fingerprint density at radius 3 is 2.51 bits per heavy atom. The molecule has 11 atom stereocenters. The van der Waals surface area contributed by atoms with Gasteiger partial charge in [0, 0.05) is 21.9 Å². The summed E-state index contributed by atoms with van der Waals surface area (Å²) in [5.41, 5.74) is 2.70. The van der Waals surface area contributed by atoms with Crippen LogP contribution in [0.25, 0.3) is 11.3 Å². The van der Waals surface area contributed by atoms with E-state index in [1.807, 2.05) is 0 Å². The number of aliphatic carboxylic acids is 1. The SMILES string of the molecule is CC(=O)C1CCC2C3CCC4=CC(O)CCC4(C)C3C(OCCC(=O)Nc3ccc(-c4noc(C)c4C(=O)NC4C(=O)N5C4SC(C)(C)C5C(=O)O)cc3)CC12C. The van der Waals surface area contributed by atoms with Crippen molar-refractivity contribution in [3.63, 3.8) is 0 Å². The first-order valence-electron chi connectivity index (χ1n) is 20.4. The number of aryl methyl sites for hydroxylation is 1. The summed E-state index contributed by atoms with van der Waals surface area (Å²) in [5.74, 6) is -0.573. The number of aliphatic hydroxyl groups is 1. The molecule has 2 aliphatic heterocycles. The van der Waals surface area contributed by atoms with Crippen LogP contribution in [0.4, 0.5) is 5.69 Å². The van der Waals surface area contributed by atoms with Gasteiger partial charge in [-0.05, 0) is 113 Å². The number of fused-ring (bicyclic) bond motifs is 6. The molecule has 4 aliphatic carbocycles. The molecule has 2 aromatic rings. The standard InChI is InChI=1S/C43H54N4O9S/c1-21(48)28-13-14-29-27-12-9-24-19-26(49)15-17-42(24,5)33(27)30(20-43(28,29)6)55-18-16-31(50)44-25-10-7-23(8-11-25)34-32(22(2)56-46-34)37(51)45-35-38(52)47-36(40(53)54)41(3,4)57-39(35)47/h7-8,10-11,19,26-30,33,35-36,39,49H,9,12-18,20H2,1-6H3,(H,44,50)(H,45,51)(H,53,54). The number of aliphatic hydroxyl groups excluding tert-OH is 1. The fourth-order valence-electron chi connectivity index (χ4n) is 12.1. The number of aromatic nitrogens is 1. The van der Waals surface area contributed by atoms with Gasteiger partial charge < -0.3 is 35.0 Å². The van der Waals surface area contributed by atoms with Gasteiger partial charge in [0.25, 0.3) is 5.91 Å². The van der Waals surface area contributed by atoms with Gasteiger partial charge in [-0.25, -0.2) is 4.79 Å². The first-order chi connectivity index (χ1) is 26.9. The number of carbonyl (C=O) groups is 5. The second kappa shape index (κ2) is 14.4. The van der Waals surface area contributed by atoms with E-state index in [0.717, 1.165) is 44.9 Å². The summed E-state index contributed by atoms with van der Waals surface area (Å²) in [6.45, 7) is 11.8. The Labute approximate surface area is 337 Å². The van der Waals surface area contributed by atoms with E-state index in [0.29, 0.717) is 23.1 Å². The van der Waals surface area contributed by atoms with E-state index in [1.54, 1.807) is 52.0 Å². The van der Waals surface area contributed by atoms with Gasteiger partial charge in [-0.3, -0.25) is 19.2 Å². The Bertz CT molecular complexity index is 2030. The summed E-state index contributed by atoms with van der Waals surface area (Å²) < 4.78 is 11.4. The molecule has 0 radical (unpaired) electrons. The highest BCUT2D eigenvalue weighted by Gasteiger charge is 2.65. The highest BCUT2D eigenvalue weighted by molar-refractivity contribution is 8.01. The normalized spacial score (nSPS) is 36.2. The van der Waals surface area contributed by atoms with Crippen molar-refractivity contribution in [2.45, 2.75) is 127 Å². The third-order valence-corrected chi connectivity index (χ3v) is 16.2. The number of nitrogens with one attached hydrogen (secondary N) is 2. The van der Waals surface area contributed by atoms with E-state index in [4.69, 9.17) is 9.26 Å². The quantitative estimate of drug-likeness (QED) is 0.169. The van der Waals surface area contributed by atoms with Crippen molar-refractivity contribution in [3.8, 4) is 11.3 Å². The van der Waals surface area contributed by atoms with Crippen molar-refractivity contribution >= 4 is 46.9 Å². The lowest BCUT2D eigenvalue weighted by Gasteiger charge is -2.61. The lowest BCUT2D eigenvalue weighted by Crippen LogP contribution is -2.70. The number of β-lactam (4-membered cyclic amide) rings is 1. The smallest absolute Gasteiger partial charge is 0.327 e. The minimum absolute atomic E-state index is 0.0236. The number of hydrogen-bond donors (Lipinski definition) is 4. The van der Waals surface area contributed by atoms with Crippen molar-refractivity contribution in [1.29, 1.82) is 0 Å². The third-order valence-electron chi connectivity index (χ3n) is 14.6. The van der Waals surface area contributed by atoms with Crippen molar-refractivity contribution in [2.24, 2.45) is 34.5 Å². The maximum Gasteiger partial charge on any atom is 0.327 e. The second-order valence-electron chi connectivity index (χ2n) is 18.3. The number of nitrogens with zero attached hydrogens (tertiary/aromatic N) is 2. The van der Waals surface area contributed by atoms with E-state index in [-0.39, 0.29) is 70.5 Å². The minimum atomic E-state index is -1.08. The van der Waals surface area contributed by atoms with Crippen LogP contribution >= 0.6 is 11.8 Å². The van der Waals surface area contributed by atoms with Crippen molar-refractivity contribution < 1.29 is 43.4 Å². The Morgan fingerprint density at radius 1 is 1.07 bits per heavy atom. The molecule has 5 fully saturated rings. The van der Waals surface area contributed by atoms with Crippen molar-refractivity contribution in [3.05, 3.63) is 47.2 Å². The molecule has 306 valence electrons. The fraction of sp³-hybridized carbons (Fsp3) is 0.628. The van der Waals surface area contributed by atoms with Gasteiger partial charge >= 0.3 is 5.97 Å². The minimum Gasteiger partial charge on any atom is -0.480 e. The van der Waals surface area contributed by atoms with Gasteiger partial charge in [0.2, 0.25) is 11.8 Å². The number of benzene rings is 1. The van der Waals surface area contributed by atoms with Gasteiger partial charge in [-0.2, -0.15) is 0 Å². The number of rotatable bonds is 10. The molecule has 3 heterocycles. The zero-order chi connectivity index (χ0) is 40.8. The number of hydrogen-bond acceptors (Lipinski definition) is 10. The third kappa shape index (κ3) is 6.54. The van der Waals surface area contributed by atoms with E-state index in [2.05, 4.69) is 35.7 Å². The Balaban J connectivity index is 0.909. The molecule has 0 spiro atoms.